The first kappa shape index (κ1) is 16.1. The van der Waals surface area contributed by atoms with Gasteiger partial charge in [0.1, 0.15) is 6.04 Å². The van der Waals surface area contributed by atoms with Crippen molar-refractivity contribution >= 4 is 22.7 Å². The number of ether oxygens (including phenoxy) is 1. The summed E-state index contributed by atoms with van der Waals surface area (Å²) in [5.41, 5.74) is 0. The van der Waals surface area contributed by atoms with E-state index in [0.717, 1.165) is 6.54 Å². The zero-order chi connectivity index (χ0) is 14.4. The number of morpholine rings is 1. The summed E-state index contributed by atoms with van der Waals surface area (Å²) in [5.74, 6) is -1.44. The van der Waals surface area contributed by atoms with Crippen LogP contribution >= 0.6 is 0 Å². The van der Waals surface area contributed by atoms with Crippen molar-refractivity contribution in [2.75, 3.05) is 38.2 Å². The number of hydrogen-bond donors (Lipinski definition) is 2. The fourth-order valence-corrected chi connectivity index (χ4v) is 3.20. The second-order valence-electron chi connectivity index (χ2n) is 4.62. The third-order valence-electron chi connectivity index (χ3n) is 2.74. The maximum atomic E-state index is 11.9. The monoisotopic (exact) mass is 292 g/mol. The fourth-order valence-electron chi connectivity index (χ4n) is 1.85. The van der Waals surface area contributed by atoms with Crippen molar-refractivity contribution in [2.45, 2.75) is 19.1 Å². The first-order chi connectivity index (χ1) is 8.88. The molecule has 19 heavy (non-hydrogen) atoms. The van der Waals surface area contributed by atoms with Gasteiger partial charge < -0.3 is 20.1 Å². The molecule has 3 atom stereocenters. The summed E-state index contributed by atoms with van der Waals surface area (Å²) in [6.45, 7) is 3.35. The number of aliphatic carboxylic acids is 1. The van der Waals surface area contributed by atoms with Crippen LogP contribution in [0.2, 0.25) is 0 Å². The number of likely N-dealkylation sites (N-methyl/N-ethyl adjacent to an activating group) is 1. The van der Waals surface area contributed by atoms with Crippen LogP contribution in [0.3, 0.4) is 0 Å². The first-order valence-corrected chi connectivity index (χ1v) is 7.52. The molecule has 8 heteroatoms. The molecule has 0 radical (unpaired) electrons. The Morgan fingerprint density at radius 2 is 2.26 bits per heavy atom. The molecule has 110 valence electrons. The lowest BCUT2D eigenvalue weighted by Gasteiger charge is -2.29. The van der Waals surface area contributed by atoms with Gasteiger partial charge in [0.25, 0.3) is 0 Å². The summed E-state index contributed by atoms with van der Waals surface area (Å²) in [5, 5.41) is 11.2. The van der Waals surface area contributed by atoms with Crippen molar-refractivity contribution in [1.82, 2.24) is 10.2 Å². The molecule has 1 amide bonds. The smallest absolute Gasteiger partial charge is 0.327 e. The number of rotatable bonds is 6. The number of carbonyl (C=O) groups is 2. The molecule has 1 aliphatic rings. The second kappa shape index (κ2) is 7.56. The van der Waals surface area contributed by atoms with E-state index in [1.807, 2.05) is 7.05 Å². The van der Waals surface area contributed by atoms with Gasteiger partial charge in [0.15, 0.2) is 0 Å². The van der Waals surface area contributed by atoms with Gasteiger partial charge in [-0.1, -0.05) is 0 Å². The van der Waals surface area contributed by atoms with E-state index in [-0.39, 0.29) is 17.6 Å². The molecule has 0 spiro atoms. The lowest BCUT2D eigenvalue weighted by molar-refractivity contribution is -0.140. The first-order valence-electron chi connectivity index (χ1n) is 6.03. The Bertz CT molecular complexity index is 363. The van der Waals surface area contributed by atoms with E-state index in [9.17, 15) is 13.8 Å². The van der Waals surface area contributed by atoms with Crippen LogP contribution < -0.4 is 5.32 Å². The molecule has 1 fully saturated rings. The number of carboxylic acids is 1. The average molecular weight is 292 g/mol. The van der Waals surface area contributed by atoms with Gasteiger partial charge in [-0.05, 0) is 7.05 Å². The maximum Gasteiger partial charge on any atom is 0.327 e. The quantitative estimate of drug-likeness (QED) is 0.629. The minimum absolute atomic E-state index is 0.0987. The summed E-state index contributed by atoms with van der Waals surface area (Å²) in [6, 6.07) is -1.11. The van der Waals surface area contributed by atoms with Crippen LogP contribution in [0.25, 0.3) is 0 Å². The van der Waals surface area contributed by atoms with Gasteiger partial charge in [-0.2, -0.15) is 0 Å². The topological polar surface area (TPSA) is 95.9 Å². The van der Waals surface area contributed by atoms with Gasteiger partial charge >= 0.3 is 5.97 Å². The van der Waals surface area contributed by atoms with E-state index >= 15 is 0 Å². The normalized spacial score (nSPS) is 23.6. The lowest BCUT2D eigenvalue weighted by atomic mass is 10.3. The summed E-state index contributed by atoms with van der Waals surface area (Å²) < 4.78 is 17.4. The highest BCUT2D eigenvalue weighted by molar-refractivity contribution is 7.85. The Morgan fingerprint density at radius 3 is 2.79 bits per heavy atom. The SMILES string of the molecule is CC(=O)N[C@@H](CS(=O)CC1CN(C)CCO1)C(=O)O. The zero-order valence-electron chi connectivity index (χ0n) is 11.1. The number of nitrogens with one attached hydrogen (secondary N) is 1. The fraction of sp³-hybridized carbons (Fsp3) is 0.818. The summed E-state index contributed by atoms with van der Waals surface area (Å²) in [6.07, 6.45) is -0.147. The number of nitrogens with zero attached hydrogens (tertiary/aromatic N) is 1. The Balaban J connectivity index is 2.43. The molecule has 0 saturated carbocycles. The predicted octanol–water partition coefficient (Wildman–Crippen LogP) is -1.34. The standard InChI is InChI=1S/C11H20N2O5S/c1-8(14)12-10(11(15)16)7-19(17)6-9-5-13(2)3-4-18-9/h9-10H,3-7H2,1-2H3,(H,12,14)(H,15,16)/t9?,10-,19?/m0/s1. The zero-order valence-corrected chi connectivity index (χ0v) is 11.9. The van der Waals surface area contributed by atoms with Gasteiger partial charge in [0, 0.05) is 30.8 Å². The minimum atomic E-state index is -1.35. The molecular formula is C11H20N2O5S. The molecule has 2 unspecified atom stereocenters. The van der Waals surface area contributed by atoms with Crippen LogP contribution in [-0.4, -0.2) is 76.5 Å². The van der Waals surface area contributed by atoms with Gasteiger partial charge in [-0.15, -0.1) is 0 Å². The van der Waals surface area contributed by atoms with E-state index in [2.05, 4.69) is 10.2 Å². The average Bonchev–Trinajstić information content (AvgIpc) is 2.27. The minimum Gasteiger partial charge on any atom is -0.480 e. The molecule has 0 aliphatic carbocycles. The predicted molar refractivity (Wildman–Crippen MR) is 70.4 cm³/mol. The third-order valence-corrected chi connectivity index (χ3v) is 4.19. The second-order valence-corrected chi connectivity index (χ2v) is 6.17. The Kier molecular flexibility index (Phi) is 6.40. The van der Waals surface area contributed by atoms with Gasteiger partial charge in [0.2, 0.25) is 5.91 Å². The van der Waals surface area contributed by atoms with Gasteiger partial charge in [-0.25, -0.2) is 4.79 Å². The van der Waals surface area contributed by atoms with Crippen LogP contribution in [0.15, 0.2) is 0 Å². The van der Waals surface area contributed by atoms with E-state index in [1.54, 1.807) is 0 Å². The van der Waals surface area contributed by atoms with Crippen LogP contribution in [0.5, 0.6) is 0 Å². The van der Waals surface area contributed by atoms with Gasteiger partial charge in [0.05, 0.1) is 24.2 Å². The van der Waals surface area contributed by atoms with E-state index in [0.29, 0.717) is 13.2 Å². The largest absolute Gasteiger partial charge is 0.480 e. The highest BCUT2D eigenvalue weighted by Gasteiger charge is 2.25. The number of amides is 1. The molecule has 1 rings (SSSR count). The third kappa shape index (κ3) is 6.13. The Labute approximate surface area is 114 Å². The molecule has 7 nitrogen and oxygen atoms in total. The van der Waals surface area contributed by atoms with Gasteiger partial charge in [-0.3, -0.25) is 9.00 Å². The molecule has 1 heterocycles. The van der Waals surface area contributed by atoms with Crippen LogP contribution in [0.1, 0.15) is 6.92 Å². The Hall–Kier alpha value is -0.990. The number of carbonyl (C=O) groups excluding carboxylic acids is 1. The molecule has 2 N–H and O–H groups in total. The van der Waals surface area contributed by atoms with Crippen molar-refractivity contribution < 1.29 is 23.6 Å². The molecule has 1 aliphatic heterocycles. The number of hydrogen-bond acceptors (Lipinski definition) is 5. The van der Waals surface area contributed by atoms with Crippen LogP contribution in [0, 0.1) is 0 Å². The molecular weight excluding hydrogens is 272 g/mol. The Morgan fingerprint density at radius 1 is 1.58 bits per heavy atom. The van der Waals surface area contributed by atoms with Crippen molar-refractivity contribution in [3.05, 3.63) is 0 Å². The summed E-state index contributed by atoms with van der Waals surface area (Å²) in [7, 11) is 0.607. The highest BCUT2D eigenvalue weighted by atomic mass is 32.2. The van der Waals surface area contributed by atoms with Crippen LogP contribution in [0.4, 0.5) is 0 Å². The molecule has 0 aromatic rings. The molecule has 0 bridgehead atoms. The van der Waals surface area contributed by atoms with Crippen molar-refractivity contribution in [2.24, 2.45) is 0 Å². The number of carboxylic acid groups (broad SMARTS) is 1. The summed E-state index contributed by atoms with van der Waals surface area (Å²) in [4.78, 5) is 23.9. The van der Waals surface area contributed by atoms with E-state index in [4.69, 9.17) is 9.84 Å². The highest BCUT2D eigenvalue weighted by Crippen LogP contribution is 2.05. The van der Waals surface area contributed by atoms with E-state index < -0.39 is 28.7 Å². The van der Waals surface area contributed by atoms with Crippen molar-refractivity contribution in [3.63, 3.8) is 0 Å². The molecule has 1 saturated heterocycles. The summed E-state index contributed by atoms with van der Waals surface area (Å²) >= 11 is 0. The molecule has 0 aromatic heterocycles. The van der Waals surface area contributed by atoms with Crippen molar-refractivity contribution in [1.29, 1.82) is 0 Å². The lowest BCUT2D eigenvalue weighted by Crippen LogP contribution is -2.46. The van der Waals surface area contributed by atoms with Crippen LogP contribution in [-0.2, 0) is 25.1 Å². The van der Waals surface area contributed by atoms with Crippen molar-refractivity contribution in [3.8, 4) is 0 Å². The maximum absolute atomic E-state index is 11.9. The molecule has 0 aromatic carbocycles. The van der Waals surface area contributed by atoms with E-state index in [1.165, 1.54) is 6.92 Å².